The summed E-state index contributed by atoms with van der Waals surface area (Å²) >= 11 is 0. The van der Waals surface area contributed by atoms with E-state index in [0.717, 1.165) is 11.6 Å². The van der Waals surface area contributed by atoms with E-state index >= 15 is 4.39 Å². The highest BCUT2D eigenvalue weighted by Crippen LogP contribution is 2.40. The molecular weight excluding hydrogens is 544 g/mol. The first kappa shape index (κ1) is 28.1. The van der Waals surface area contributed by atoms with Crippen molar-refractivity contribution in [3.63, 3.8) is 0 Å². The zero-order valence-corrected chi connectivity index (χ0v) is 22.9. The van der Waals surface area contributed by atoms with Crippen LogP contribution in [0.1, 0.15) is 40.7 Å². The smallest absolute Gasteiger partial charge is 0.382 e. The standard InChI is InChI=1S/C27H28F4N8O2/c1-14-12-36(16(3)40)26(4,5)25(41)37(14)22-10-17(6-7-19(22)28)21-11-18(23-24(32)33-13-35-39(21)23)20-8-9-34-38(20)15(2)27(29,30)31/h6-11,13-15H,12H2,1-5H3,(H2,32,33,35)/t14-,15-/m0/s1. The van der Waals surface area contributed by atoms with Crippen LogP contribution >= 0.6 is 0 Å². The number of halogens is 4. The third-order valence-corrected chi connectivity index (χ3v) is 7.56. The predicted octanol–water partition coefficient (Wildman–Crippen LogP) is 4.47. The fourth-order valence-corrected chi connectivity index (χ4v) is 5.35. The van der Waals surface area contributed by atoms with E-state index in [1.165, 1.54) is 58.0 Å². The fourth-order valence-electron chi connectivity index (χ4n) is 5.35. The summed E-state index contributed by atoms with van der Waals surface area (Å²) in [7, 11) is 0. The van der Waals surface area contributed by atoms with Crippen molar-refractivity contribution >= 4 is 28.8 Å². The maximum absolute atomic E-state index is 15.3. The monoisotopic (exact) mass is 572 g/mol. The Hall–Kier alpha value is -4.49. The van der Waals surface area contributed by atoms with Crippen molar-refractivity contribution in [2.45, 2.75) is 58.4 Å². The minimum Gasteiger partial charge on any atom is -0.382 e. The normalized spacial score (nSPS) is 18.3. The number of rotatable bonds is 4. The Morgan fingerprint density at radius 3 is 2.51 bits per heavy atom. The Labute approximate surface area is 232 Å². The number of piperazine rings is 1. The minimum absolute atomic E-state index is 0.00876. The molecule has 216 valence electrons. The van der Waals surface area contributed by atoms with Gasteiger partial charge in [-0.2, -0.15) is 23.4 Å². The van der Waals surface area contributed by atoms with Crippen molar-refractivity contribution in [1.82, 2.24) is 29.3 Å². The second-order valence-electron chi connectivity index (χ2n) is 10.6. The van der Waals surface area contributed by atoms with Crippen molar-refractivity contribution in [1.29, 1.82) is 0 Å². The van der Waals surface area contributed by atoms with Gasteiger partial charge in [0, 0.05) is 30.8 Å². The Bertz CT molecular complexity index is 1680. The van der Waals surface area contributed by atoms with Gasteiger partial charge in [0.2, 0.25) is 5.91 Å². The van der Waals surface area contributed by atoms with Gasteiger partial charge in [-0.1, -0.05) is 0 Å². The first-order valence-electron chi connectivity index (χ1n) is 12.8. The average molecular weight is 573 g/mol. The SMILES string of the molecule is CC(=O)N1C[C@H](C)N(c2cc(-c3cc(-c4ccnn4[C@@H](C)C(F)(F)F)c4c(N)ncnn34)ccc2F)C(=O)C1(C)C. The molecule has 4 aromatic rings. The summed E-state index contributed by atoms with van der Waals surface area (Å²) in [6.07, 6.45) is -2.10. The molecule has 1 saturated heterocycles. The van der Waals surface area contributed by atoms with Crippen LogP contribution in [0.15, 0.2) is 42.9 Å². The van der Waals surface area contributed by atoms with E-state index in [1.807, 2.05) is 0 Å². The molecule has 2 N–H and O–H groups in total. The highest BCUT2D eigenvalue weighted by molar-refractivity contribution is 6.04. The molecular formula is C27H28F4N8O2. The van der Waals surface area contributed by atoms with Crippen LogP contribution < -0.4 is 10.6 Å². The van der Waals surface area contributed by atoms with E-state index in [0.29, 0.717) is 16.8 Å². The molecule has 0 spiro atoms. The number of hydrogen-bond acceptors (Lipinski definition) is 6. The Morgan fingerprint density at radius 1 is 1.15 bits per heavy atom. The van der Waals surface area contributed by atoms with E-state index in [2.05, 4.69) is 15.2 Å². The summed E-state index contributed by atoms with van der Waals surface area (Å²) in [6, 6.07) is 4.69. The van der Waals surface area contributed by atoms with Crippen LogP contribution in [0, 0.1) is 5.82 Å². The van der Waals surface area contributed by atoms with Crippen LogP contribution in [0.25, 0.3) is 28.0 Å². The number of alkyl halides is 3. The summed E-state index contributed by atoms with van der Waals surface area (Å²) in [5, 5.41) is 8.17. The van der Waals surface area contributed by atoms with Gasteiger partial charge in [0.1, 0.15) is 29.2 Å². The molecule has 0 unspecified atom stereocenters. The van der Waals surface area contributed by atoms with Gasteiger partial charge >= 0.3 is 6.18 Å². The van der Waals surface area contributed by atoms with Crippen LogP contribution in [0.2, 0.25) is 0 Å². The van der Waals surface area contributed by atoms with E-state index < -0.39 is 35.5 Å². The highest BCUT2D eigenvalue weighted by Gasteiger charge is 2.47. The summed E-state index contributed by atoms with van der Waals surface area (Å²) < 4.78 is 58.4. The van der Waals surface area contributed by atoms with Gasteiger partial charge in [-0.3, -0.25) is 14.3 Å². The summed E-state index contributed by atoms with van der Waals surface area (Å²) in [5.41, 5.74) is 6.40. The average Bonchev–Trinajstić information content (AvgIpc) is 3.52. The number of carbonyl (C=O) groups excluding carboxylic acids is 2. The third kappa shape index (κ3) is 4.46. The lowest BCUT2D eigenvalue weighted by atomic mass is 9.93. The largest absolute Gasteiger partial charge is 0.410 e. The number of hydrogen-bond donors (Lipinski definition) is 1. The second-order valence-corrected chi connectivity index (χ2v) is 10.6. The molecule has 0 bridgehead atoms. The maximum Gasteiger partial charge on any atom is 0.410 e. The van der Waals surface area contributed by atoms with Crippen LogP contribution in [0.5, 0.6) is 0 Å². The fraction of sp³-hybridized carbons (Fsp3) is 0.370. The van der Waals surface area contributed by atoms with Gasteiger partial charge in [-0.15, -0.1) is 0 Å². The lowest BCUT2D eigenvalue weighted by Crippen LogP contribution is -2.67. The van der Waals surface area contributed by atoms with E-state index in [4.69, 9.17) is 5.73 Å². The zero-order chi connectivity index (χ0) is 30.0. The van der Waals surface area contributed by atoms with Gasteiger partial charge in [-0.25, -0.2) is 13.9 Å². The molecule has 4 heterocycles. The minimum atomic E-state index is -4.56. The van der Waals surface area contributed by atoms with Gasteiger partial charge in [0.25, 0.3) is 5.91 Å². The molecule has 0 aliphatic carbocycles. The molecule has 2 amide bonds. The maximum atomic E-state index is 15.3. The molecule has 41 heavy (non-hydrogen) atoms. The number of amides is 2. The molecule has 10 nitrogen and oxygen atoms in total. The molecule has 3 aromatic heterocycles. The van der Waals surface area contributed by atoms with Crippen molar-refractivity contribution in [2.24, 2.45) is 0 Å². The van der Waals surface area contributed by atoms with E-state index in [1.54, 1.807) is 26.8 Å². The Kier molecular flexibility index (Phi) is 6.54. The summed E-state index contributed by atoms with van der Waals surface area (Å²) in [5.74, 6) is -1.37. The van der Waals surface area contributed by atoms with Gasteiger partial charge in [0.15, 0.2) is 5.82 Å². The molecule has 1 aliphatic rings. The zero-order valence-electron chi connectivity index (χ0n) is 22.9. The van der Waals surface area contributed by atoms with E-state index in [-0.39, 0.29) is 35.2 Å². The number of nitrogens with zero attached hydrogens (tertiary/aromatic N) is 7. The molecule has 1 aliphatic heterocycles. The number of nitrogen functional groups attached to an aromatic ring is 1. The molecule has 0 radical (unpaired) electrons. The van der Waals surface area contributed by atoms with Crippen LogP contribution in [-0.2, 0) is 9.59 Å². The second kappa shape index (κ2) is 9.56. The van der Waals surface area contributed by atoms with Crippen LogP contribution in [-0.4, -0.2) is 65.4 Å². The lowest BCUT2D eigenvalue weighted by Gasteiger charge is -2.48. The summed E-state index contributed by atoms with van der Waals surface area (Å²) in [6.45, 7) is 7.50. The highest BCUT2D eigenvalue weighted by atomic mass is 19.4. The van der Waals surface area contributed by atoms with Crippen molar-refractivity contribution < 1.29 is 27.2 Å². The molecule has 1 aromatic carbocycles. The molecule has 14 heteroatoms. The molecule has 0 saturated carbocycles. The summed E-state index contributed by atoms with van der Waals surface area (Å²) in [4.78, 5) is 32.6. The number of fused-ring (bicyclic) bond motifs is 1. The predicted molar refractivity (Wildman–Crippen MR) is 143 cm³/mol. The van der Waals surface area contributed by atoms with Crippen LogP contribution in [0.3, 0.4) is 0 Å². The van der Waals surface area contributed by atoms with Gasteiger partial charge in [0.05, 0.1) is 23.1 Å². The first-order valence-corrected chi connectivity index (χ1v) is 12.8. The Morgan fingerprint density at radius 2 is 1.85 bits per heavy atom. The van der Waals surface area contributed by atoms with Crippen molar-refractivity contribution in [3.8, 4) is 22.5 Å². The first-order chi connectivity index (χ1) is 19.1. The lowest BCUT2D eigenvalue weighted by molar-refractivity contribution is -0.165. The molecule has 1 fully saturated rings. The third-order valence-electron chi connectivity index (χ3n) is 7.56. The number of anilines is 2. The Balaban J connectivity index is 1.67. The van der Waals surface area contributed by atoms with Gasteiger partial charge < -0.3 is 15.5 Å². The van der Waals surface area contributed by atoms with Gasteiger partial charge in [-0.05, 0) is 58.0 Å². The number of aromatic nitrogens is 5. The quantitative estimate of drug-likeness (QED) is 0.361. The van der Waals surface area contributed by atoms with E-state index in [9.17, 15) is 22.8 Å². The van der Waals surface area contributed by atoms with Crippen molar-refractivity contribution in [3.05, 3.63) is 48.7 Å². The number of nitrogens with two attached hydrogens (primary N) is 1. The number of carbonyl (C=O) groups is 2. The molecule has 2 atom stereocenters. The molecule has 5 rings (SSSR count). The number of benzene rings is 1. The van der Waals surface area contributed by atoms with Crippen molar-refractivity contribution in [2.75, 3.05) is 17.2 Å². The van der Waals surface area contributed by atoms with Crippen LogP contribution in [0.4, 0.5) is 29.1 Å². The topological polar surface area (TPSA) is 115 Å².